The number of nitrogens with zero attached hydrogens (tertiary/aromatic N) is 2. The normalized spacial score (nSPS) is 24.4. The molecule has 2 aliphatic heterocycles. The van der Waals surface area contributed by atoms with Crippen molar-refractivity contribution in [2.75, 3.05) is 25.0 Å². The fourth-order valence-corrected chi connectivity index (χ4v) is 3.42. The molecule has 2 saturated heterocycles. The van der Waals surface area contributed by atoms with Crippen LogP contribution < -0.4 is 11.1 Å². The average Bonchev–Trinajstić information content (AvgIpc) is 3.15. The molecule has 2 atom stereocenters. The van der Waals surface area contributed by atoms with E-state index in [1.165, 1.54) is 12.8 Å². The fraction of sp³-hybridized carbons (Fsp3) is 0.579. The first-order valence-electron chi connectivity index (χ1n) is 9.18. The Hall–Kier alpha value is -2.08. The van der Waals surface area contributed by atoms with E-state index in [-0.39, 0.29) is 12.0 Å². The van der Waals surface area contributed by atoms with E-state index in [1.807, 2.05) is 24.3 Å². The predicted octanol–water partition coefficient (Wildman–Crippen LogP) is 2.35. The van der Waals surface area contributed by atoms with Crippen molar-refractivity contribution in [3.8, 4) is 0 Å². The quantitative estimate of drug-likeness (QED) is 0.649. The van der Waals surface area contributed by atoms with Gasteiger partial charge in [-0.25, -0.2) is 4.99 Å². The van der Waals surface area contributed by atoms with Crippen LogP contribution in [0.5, 0.6) is 0 Å². The van der Waals surface area contributed by atoms with Crippen molar-refractivity contribution >= 4 is 17.6 Å². The lowest BCUT2D eigenvalue weighted by Gasteiger charge is -2.31. The highest BCUT2D eigenvalue weighted by atomic mass is 16.5. The van der Waals surface area contributed by atoms with Gasteiger partial charge in [0, 0.05) is 25.4 Å². The van der Waals surface area contributed by atoms with E-state index >= 15 is 0 Å². The van der Waals surface area contributed by atoms with Gasteiger partial charge in [0.05, 0.1) is 6.54 Å². The van der Waals surface area contributed by atoms with Gasteiger partial charge in [0.1, 0.15) is 6.10 Å². The number of carbonyl (C=O) groups is 1. The lowest BCUT2D eigenvalue weighted by molar-refractivity contribution is -0.124. The van der Waals surface area contributed by atoms with Crippen molar-refractivity contribution in [3.63, 3.8) is 0 Å². The minimum Gasteiger partial charge on any atom is -0.370 e. The number of rotatable bonds is 4. The Morgan fingerprint density at radius 3 is 3.04 bits per heavy atom. The van der Waals surface area contributed by atoms with Crippen LogP contribution in [0.3, 0.4) is 0 Å². The summed E-state index contributed by atoms with van der Waals surface area (Å²) in [5, 5.41) is 2.93. The molecule has 2 unspecified atom stereocenters. The SMILES string of the molecule is CC1CCCN(C(N)=NCc2cccc(NC(=O)C3CCCO3)c2)C1. The number of aliphatic imine (C=N–C) groups is 1. The average molecular weight is 344 g/mol. The van der Waals surface area contributed by atoms with E-state index in [0.717, 1.165) is 37.2 Å². The number of amides is 1. The summed E-state index contributed by atoms with van der Waals surface area (Å²) in [7, 11) is 0. The van der Waals surface area contributed by atoms with Gasteiger partial charge in [-0.15, -0.1) is 0 Å². The number of nitrogens with two attached hydrogens (primary N) is 1. The van der Waals surface area contributed by atoms with Gasteiger partial charge < -0.3 is 20.7 Å². The summed E-state index contributed by atoms with van der Waals surface area (Å²) in [4.78, 5) is 18.8. The zero-order valence-corrected chi connectivity index (χ0v) is 14.9. The molecule has 0 saturated carbocycles. The van der Waals surface area contributed by atoms with Crippen LogP contribution >= 0.6 is 0 Å². The van der Waals surface area contributed by atoms with Crippen LogP contribution in [0.2, 0.25) is 0 Å². The van der Waals surface area contributed by atoms with Crippen LogP contribution in [-0.2, 0) is 16.1 Å². The standard InChI is InChI=1S/C19H28N4O2/c1-14-5-3-9-23(13-14)19(20)21-12-15-6-2-7-16(11-15)22-18(24)17-8-4-10-25-17/h2,6-7,11,14,17H,3-5,8-10,12-13H2,1H3,(H2,20,21)(H,22,24). The summed E-state index contributed by atoms with van der Waals surface area (Å²) in [5.41, 5.74) is 7.95. The third-order valence-corrected chi connectivity index (χ3v) is 4.82. The minimum atomic E-state index is -0.321. The summed E-state index contributed by atoms with van der Waals surface area (Å²) < 4.78 is 5.42. The predicted molar refractivity (Wildman–Crippen MR) is 99.3 cm³/mol. The maximum atomic E-state index is 12.1. The highest BCUT2D eigenvalue weighted by Crippen LogP contribution is 2.17. The first-order chi connectivity index (χ1) is 12.1. The Morgan fingerprint density at radius 1 is 1.40 bits per heavy atom. The van der Waals surface area contributed by atoms with Crippen LogP contribution in [0.4, 0.5) is 5.69 Å². The molecule has 0 aromatic heterocycles. The van der Waals surface area contributed by atoms with Crippen molar-refractivity contribution in [2.45, 2.75) is 45.3 Å². The van der Waals surface area contributed by atoms with Gasteiger partial charge in [0.25, 0.3) is 5.91 Å². The summed E-state index contributed by atoms with van der Waals surface area (Å²) >= 11 is 0. The molecule has 3 rings (SSSR count). The number of hydrogen-bond acceptors (Lipinski definition) is 3. The van der Waals surface area contributed by atoms with Gasteiger partial charge in [-0.05, 0) is 49.3 Å². The molecule has 25 heavy (non-hydrogen) atoms. The second-order valence-corrected chi connectivity index (χ2v) is 7.06. The number of anilines is 1. The summed E-state index contributed by atoms with van der Waals surface area (Å²) in [6, 6.07) is 7.75. The molecule has 0 aliphatic carbocycles. The van der Waals surface area contributed by atoms with Gasteiger partial charge >= 0.3 is 0 Å². The van der Waals surface area contributed by atoms with E-state index in [2.05, 4.69) is 22.1 Å². The van der Waals surface area contributed by atoms with E-state index in [9.17, 15) is 4.79 Å². The Kier molecular flexibility index (Phi) is 5.91. The van der Waals surface area contributed by atoms with Gasteiger partial charge in [-0.2, -0.15) is 0 Å². The molecule has 1 amide bonds. The largest absolute Gasteiger partial charge is 0.370 e. The monoisotopic (exact) mass is 344 g/mol. The van der Waals surface area contributed by atoms with Crippen LogP contribution in [-0.4, -0.2) is 42.6 Å². The second kappa shape index (κ2) is 8.34. The number of ether oxygens (including phenoxy) is 1. The highest BCUT2D eigenvalue weighted by Gasteiger charge is 2.23. The molecule has 6 heteroatoms. The Bertz CT molecular complexity index is 626. The molecule has 0 spiro atoms. The molecule has 2 aliphatic rings. The Labute approximate surface area is 149 Å². The molecule has 136 valence electrons. The molecular weight excluding hydrogens is 316 g/mol. The number of carbonyl (C=O) groups excluding carboxylic acids is 1. The lowest BCUT2D eigenvalue weighted by atomic mass is 10.0. The van der Waals surface area contributed by atoms with E-state index in [4.69, 9.17) is 10.5 Å². The molecule has 3 N–H and O–H groups in total. The third-order valence-electron chi connectivity index (χ3n) is 4.82. The Morgan fingerprint density at radius 2 is 2.28 bits per heavy atom. The van der Waals surface area contributed by atoms with Crippen LogP contribution in [0, 0.1) is 5.92 Å². The molecule has 6 nitrogen and oxygen atoms in total. The maximum absolute atomic E-state index is 12.1. The number of benzene rings is 1. The molecule has 0 bridgehead atoms. The minimum absolute atomic E-state index is 0.0695. The van der Waals surface area contributed by atoms with E-state index in [0.29, 0.717) is 25.0 Å². The second-order valence-electron chi connectivity index (χ2n) is 7.06. The summed E-state index contributed by atoms with van der Waals surface area (Å²) in [6.07, 6.45) is 3.85. The van der Waals surface area contributed by atoms with Crippen molar-refractivity contribution in [3.05, 3.63) is 29.8 Å². The molecule has 1 aromatic rings. The van der Waals surface area contributed by atoms with Gasteiger partial charge in [-0.1, -0.05) is 19.1 Å². The smallest absolute Gasteiger partial charge is 0.253 e. The lowest BCUT2D eigenvalue weighted by Crippen LogP contribution is -2.43. The maximum Gasteiger partial charge on any atom is 0.253 e. The molecule has 2 fully saturated rings. The van der Waals surface area contributed by atoms with Gasteiger partial charge in [-0.3, -0.25) is 4.79 Å². The van der Waals surface area contributed by atoms with Crippen molar-refractivity contribution in [1.82, 2.24) is 4.90 Å². The topological polar surface area (TPSA) is 80.0 Å². The molecule has 1 aromatic carbocycles. The van der Waals surface area contributed by atoms with Crippen molar-refractivity contribution in [2.24, 2.45) is 16.6 Å². The van der Waals surface area contributed by atoms with Gasteiger partial charge in [0.15, 0.2) is 5.96 Å². The van der Waals surface area contributed by atoms with Gasteiger partial charge in [0.2, 0.25) is 0 Å². The molecule has 0 radical (unpaired) electrons. The van der Waals surface area contributed by atoms with E-state index in [1.54, 1.807) is 0 Å². The summed E-state index contributed by atoms with van der Waals surface area (Å²) in [6.45, 7) is 5.39. The van der Waals surface area contributed by atoms with Crippen LogP contribution in [0.15, 0.2) is 29.3 Å². The fourth-order valence-electron chi connectivity index (χ4n) is 3.42. The van der Waals surface area contributed by atoms with Crippen molar-refractivity contribution in [1.29, 1.82) is 0 Å². The number of likely N-dealkylation sites (tertiary alicyclic amines) is 1. The molecule has 2 heterocycles. The van der Waals surface area contributed by atoms with Crippen molar-refractivity contribution < 1.29 is 9.53 Å². The zero-order valence-electron chi connectivity index (χ0n) is 14.9. The Balaban J connectivity index is 1.57. The zero-order chi connectivity index (χ0) is 17.6. The van der Waals surface area contributed by atoms with Crippen LogP contribution in [0.1, 0.15) is 38.2 Å². The third kappa shape index (κ3) is 4.95. The first kappa shape index (κ1) is 17.7. The number of guanidine groups is 1. The molecular formula is C19H28N4O2. The highest BCUT2D eigenvalue weighted by molar-refractivity contribution is 5.94. The van der Waals surface area contributed by atoms with E-state index < -0.39 is 0 Å². The number of nitrogens with one attached hydrogen (secondary N) is 1. The number of hydrogen-bond donors (Lipinski definition) is 2. The first-order valence-corrected chi connectivity index (χ1v) is 9.18. The van der Waals surface area contributed by atoms with Crippen LogP contribution in [0.25, 0.3) is 0 Å². The summed E-state index contributed by atoms with van der Waals surface area (Å²) in [5.74, 6) is 1.21. The number of piperidine rings is 1.